The summed E-state index contributed by atoms with van der Waals surface area (Å²) in [5.74, 6) is 0.606. The fraction of sp³-hybridized carbons (Fsp3) is 0.143. The number of para-hydroxylation sites is 3. The van der Waals surface area contributed by atoms with Crippen molar-refractivity contribution in [2.45, 2.75) is 59.8 Å². The Morgan fingerprint density at radius 3 is 1.89 bits per heavy atom. The van der Waals surface area contributed by atoms with Crippen LogP contribution in [0, 0.1) is 11.7 Å². The third-order valence-corrected chi connectivity index (χ3v) is 14.2. The van der Waals surface area contributed by atoms with Gasteiger partial charge < -0.3 is 4.74 Å². The van der Waals surface area contributed by atoms with Gasteiger partial charge in [-0.2, -0.15) is 0 Å². The van der Waals surface area contributed by atoms with E-state index in [4.69, 9.17) is 23.4 Å². The van der Waals surface area contributed by atoms with E-state index in [0.717, 1.165) is 49.6 Å². The van der Waals surface area contributed by atoms with E-state index in [9.17, 15) is 1.37 Å². The lowest BCUT2D eigenvalue weighted by Gasteiger charge is -2.30. The van der Waals surface area contributed by atoms with Crippen LogP contribution >= 0.6 is 0 Å². The molecular formula is C70H60N4O. The summed E-state index contributed by atoms with van der Waals surface area (Å²) in [5.41, 5.74) is 9.29. The van der Waals surface area contributed by atoms with Crippen LogP contribution in [-0.2, 0) is 5.41 Å². The topological polar surface area (TPSA) is 35.9 Å². The SMILES string of the molecule is [2H]c1c([2H])c([2H])c(-c2cccc(-c3c([2H])c([2H])c([2H])c([2H])c3[2H])c2-[n+]2[c-]n(-c3cccc(Oc4ccc5c6cc(-c7ccccc7)ccc6n(-c6cc(C([2H])(C)C(C)(C)C)c(-c7ccc(C(C)(C)C)cc7)cn6)c5c4)c3)c3ccccc32)c([2H])c1[2H]. The first-order valence-corrected chi connectivity index (χ1v) is 25.1. The number of hydrogen-bond donors (Lipinski definition) is 0. The predicted molar refractivity (Wildman–Crippen MR) is 311 cm³/mol. The minimum absolute atomic E-state index is 0.0328. The van der Waals surface area contributed by atoms with Crippen LogP contribution in [0.25, 0.3) is 94.5 Å². The third kappa shape index (κ3) is 8.89. The average Bonchev–Trinajstić information content (AvgIpc) is 1.62. The normalized spacial score (nSPS) is 14.9. The average molecular weight is 984 g/mol. The van der Waals surface area contributed by atoms with Crippen LogP contribution in [0.1, 0.15) is 80.6 Å². The summed E-state index contributed by atoms with van der Waals surface area (Å²) in [6.45, 7) is 14.9. The molecule has 12 aromatic rings. The van der Waals surface area contributed by atoms with Crippen LogP contribution in [0.5, 0.6) is 11.5 Å². The van der Waals surface area contributed by atoms with Crippen molar-refractivity contribution >= 4 is 32.8 Å². The summed E-state index contributed by atoms with van der Waals surface area (Å²) < 4.78 is 110. The zero-order valence-corrected chi connectivity index (χ0v) is 42.9. The number of imidazole rings is 1. The Morgan fingerprint density at radius 2 is 1.20 bits per heavy atom. The molecule has 5 heteroatoms. The van der Waals surface area contributed by atoms with E-state index in [1.807, 2.05) is 92.0 Å². The summed E-state index contributed by atoms with van der Waals surface area (Å²) in [7, 11) is 0. The van der Waals surface area contributed by atoms with Crippen LogP contribution in [0.3, 0.4) is 0 Å². The van der Waals surface area contributed by atoms with Gasteiger partial charge in [0.25, 0.3) is 6.33 Å². The monoisotopic (exact) mass is 984 g/mol. The lowest BCUT2D eigenvalue weighted by atomic mass is 9.75. The largest absolute Gasteiger partial charge is 0.458 e. The maximum Gasteiger partial charge on any atom is 0.269 e. The van der Waals surface area contributed by atoms with Crippen LogP contribution in [0.15, 0.2) is 230 Å². The third-order valence-electron chi connectivity index (χ3n) is 14.2. The standard InChI is InChI=1S/C70H60N4O/c1-47(69(2,3)4)60-44-67(71-45-62(60)51-33-36-53(37-34-51)70(5,6)7)74-63-40-35-52(48-21-11-8-12-22-48)41-61(63)59-39-38-56(43-66(59)74)75-55-28-19-27-54(42-55)72-46-73(65-32-18-17-31-64(65)72)68-57(49-23-13-9-14-24-49)29-20-30-58(68)50-25-15-10-16-26-50/h8-45,47H,1-7H3/i9D,10D,13D,14D,15D,16D,23D,24D,25D,26D,47D. The molecule has 0 saturated carbocycles. The highest BCUT2D eigenvalue weighted by Crippen LogP contribution is 2.43. The Bertz CT molecular complexity index is 4580. The zero-order chi connectivity index (χ0) is 61.1. The Labute approximate surface area is 456 Å². The van der Waals surface area contributed by atoms with Gasteiger partial charge in [0.05, 0.1) is 47.1 Å². The van der Waals surface area contributed by atoms with E-state index in [2.05, 4.69) is 119 Å². The molecule has 0 bridgehead atoms. The highest BCUT2D eigenvalue weighted by atomic mass is 16.5. The molecule has 5 nitrogen and oxygen atoms in total. The molecule has 75 heavy (non-hydrogen) atoms. The van der Waals surface area contributed by atoms with Gasteiger partial charge in [0.1, 0.15) is 17.3 Å². The molecule has 12 rings (SSSR count). The minimum Gasteiger partial charge on any atom is -0.458 e. The van der Waals surface area contributed by atoms with E-state index in [1.54, 1.807) is 27.3 Å². The number of benzene rings is 9. The van der Waals surface area contributed by atoms with Crippen molar-refractivity contribution in [2.24, 2.45) is 5.41 Å². The number of aromatic nitrogens is 4. The maximum absolute atomic E-state index is 10.1. The van der Waals surface area contributed by atoms with Crippen LogP contribution in [-0.4, -0.2) is 14.1 Å². The van der Waals surface area contributed by atoms with E-state index in [-0.39, 0.29) is 33.4 Å². The molecule has 0 N–H and O–H groups in total. The van der Waals surface area contributed by atoms with Crippen molar-refractivity contribution < 1.29 is 24.4 Å². The van der Waals surface area contributed by atoms with Crippen molar-refractivity contribution in [1.82, 2.24) is 14.1 Å². The number of rotatable bonds is 10. The number of nitrogens with zero attached hydrogens (tertiary/aromatic N) is 4. The molecular weight excluding hydrogens is 913 g/mol. The van der Waals surface area contributed by atoms with Crippen molar-refractivity contribution in [2.75, 3.05) is 0 Å². The summed E-state index contributed by atoms with van der Waals surface area (Å²) in [5, 5.41) is 1.98. The predicted octanol–water partition coefficient (Wildman–Crippen LogP) is 18.1. The summed E-state index contributed by atoms with van der Waals surface area (Å²) >= 11 is 0. The van der Waals surface area contributed by atoms with Crippen LogP contribution in [0.2, 0.25) is 0 Å². The molecule has 1 unspecified atom stereocenters. The molecule has 1 atom stereocenters. The van der Waals surface area contributed by atoms with Crippen molar-refractivity contribution in [3.8, 4) is 73.2 Å². The number of hydrogen-bond acceptors (Lipinski definition) is 2. The molecule has 0 spiro atoms. The molecule has 0 saturated heterocycles. The molecule has 0 aliphatic rings. The van der Waals surface area contributed by atoms with Gasteiger partial charge in [-0.3, -0.25) is 13.7 Å². The molecule has 0 aliphatic heterocycles. The van der Waals surface area contributed by atoms with Gasteiger partial charge in [-0.15, -0.1) is 0 Å². The Balaban J connectivity index is 1.02. The highest BCUT2D eigenvalue weighted by molar-refractivity contribution is 6.10. The van der Waals surface area contributed by atoms with Gasteiger partial charge in [0.2, 0.25) is 0 Å². The molecule has 0 radical (unpaired) electrons. The Kier molecular flexibility index (Phi) is 9.12. The second-order valence-electron chi connectivity index (χ2n) is 21.0. The van der Waals surface area contributed by atoms with E-state index in [1.165, 1.54) is 5.56 Å². The molecule has 3 heterocycles. The molecule has 0 fully saturated rings. The van der Waals surface area contributed by atoms with E-state index in [0.29, 0.717) is 34.0 Å². The fourth-order valence-electron chi connectivity index (χ4n) is 9.98. The van der Waals surface area contributed by atoms with Crippen LogP contribution in [0.4, 0.5) is 0 Å². The van der Waals surface area contributed by atoms with Gasteiger partial charge >= 0.3 is 0 Å². The molecule has 366 valence electrons. The van der Waals surface area contributed by atoms with Crippen molar-refractivity contribution in [3.63, 3.8) is 0 Å². The van der Waals surface area contributed by atoms with E-state index < -0.39 is 71.7 Å². The summed E-state index contributed by atoms with van der Waals surface area (Å²) in [6.07, 6.45) is 5.38. The fourth-order valence-corrected chi connectivity index (χ4v) is 9.98. The lowest BCUT2D eigenvalue weighted by molar-refractivity contribution is -0.571. The Morgan fingerprint density at radius 1 is 0.547 bits per heavy atom. The zero-order valence-electron chi connectivity index (χ0n) is 53.9. The Hall–Kier alpha value is -8.80. The van der Waals surface area contributed by atoms with Gasteiger partial charge in [0, 0.05) is 30.0 Å². The summed E-state index contributed by atoms with van der Waals surface area (Å²) in [6, 6.07) is 47.7. The summed E-state index contributed by atoms with van der Waals surface area (Å²) in [4.78, 5) is 5.24. The van der Waals surface area contributed by atoms with Gasteiger partial charge in [0.15, 0.2) is 0 Å². The van der Waals surface area contributed by atoms with Crippen molar-refractivity contribution in [1.29, 1.82) is 0 Å². The second kappa shape index (κ2) is 18.9. The minimum atomic E-state index is -1.05. The first-order valence-electron chi connectivity index (χ1n) is 30.6. The first-order chi connectivity index (χ1) is 40.8. The first kappa shape index (κ1) is 36.2. The number of pyridine rings is 1. The molecule has 9 aromatic carbocycles. The lowest BCUT2D eigenvalue weighted by Crippen LogP contribution is -2.31. The maximum atomic E-state index is 10.1. The second-order valence-corrected chi connectivity index (χ2v) is 21.0. The van der Waals surface area contributed by atoms with Crippen LogP contribution < -0.4 is 9.30 Å². The highest BCUT2D eigenvalue weighted by Gasteiger charge is 2.27. The molecule has 3 aromatic heterocycles. The smallest absolute Gasteiger partial charge is 0.269 e. The molecule has 0 aliphatic carbocycles. The number of ether oxygens (including phenoxy) is 1. The van der Waals surface area contributed by atoms with Gasteiger partial charge in [-0.25, -0.2) is 4.98 Å². The number of fused-ring (bicyclic) bond motifs is 4. The van der Waals surface area contributed by atoms with Crippen molar-refractivity contribution in [3.05, 3.63) is 248 Å². The quantitative estimate of drug-likeness (QED) is 0.101. The van der Waals surface area contributed by atoms with E-state index >= 15 is 0 Å². The van der Waals surface area contributed by atoms with Gasteiger partial charge in [-0.1, -0.05) is 218 Å². The molecule has 0 amide bonds. The van der Waals surface area contributed by atoms with Gasteiger partial charge in [-0.05, 0) is 115 Å².